The lowest BCUT2D eigenvalue weighted by Gasteiger charge is -2.19. The second-order valence-electron chi connectivity index (χ2n) is 5.33. The number of amides is 1. The minimum atomic E-state index is -0.771. The van der Waals surface area contributed by atoms with Crippen LogP contribution in [0.15, 0.2) is 42.5 Å². The molecule has 24 heavy (non-hydrogen) atoms. The molecule has 0 spiro atoms. The van der Waals surface area contributed by atoms with Crippen LogP contribution in [0.2, 0.25) is 0 Å². The standard InChI is InChI=1S/C18H20F2N2O2/c1-2-15(22-11-10-16(21)23)13-8-9-14(19)18(17(13)20)24-12-6-4-3-5-7-12/h3-9,15,22H,2,10-11H2,1H3,(H2,21,23). The van der Waals surface area contributed by atoms with Crippen LogP contribution in [-0.2, 0) is 4.79 Å². The maximum atomic E-state index is 14.7. The van der Waals surface area contributed by atoms with Crippen LogP contribution in [0, 0.1) is 11.6 Å². The summed E-state index contributed by atoms with van der Waals surface area (Å²) in [6.45, 7) is 2.18. The van der Waals surface area contributed by atoms with Gasteiger partial charge in [0.05, 0.1) is 0 Å². The SMILES string of the molecule is CCC(NCCC(N)=O)c1ccc(F)c(Oc2ccccc2)c1F. The van der Waals surface area contributed by atoms with Crippen LogP contribution >= 0.6 is 0 Å². The second kappa shape index (κ2) is 8.40. The Morgan fingerprint density at radius 1 is 1.21 bits per heavy atom. The lowest BCUT2D eigenvalue weighted by Crippen LogP contribution is -2.26. The monoisotopic (exact) mass is 334 g/mol. The van der Waals surface area contributed by atoms with Crippen molar-refractivity contribution in [2.24, 2.45) is 5.73 Å². The van der Waals surface area contributed by atoms with Crippen molar-refractivity contribution >= 4 is 5.91 Å². The Labute approximate surface area is 139 Å². The van der Waals surface area contributed by atoms with Crippen LogP contribution < -0.4 is 15.8 Å². The van der Waals surface area contributed by atoms with E-state index in [0.717, 1.165) is 0 Å². The summed E-state index contributed by atoms with van der Waals surface area (Å²) in [5.74, 6) is -2.05. The van der Waals surface area contributed by atoms with Gasteiger partial charge in [0.2, 0.25) is 5.91 Å². The summed E-state index contributed by atoms with van der Waals surface area (Å²) in [4.78, 5) is 10.8. The van der Waals surface area contributed by atoms with E-state index in [0.29, 0.717) is 18.7 Å². The average molecular weight is 334 g/mol. The Balaban J connectivity index is 2.24. The molecule has 0 saturated heterocycles. The molecule has 2 rings (SSSR count). The van der Waals surface area contributed by atoms with Crippen molar-refractivity contribution in [3.8, 4) is 11.5 Å². The molecule has 0 aliphatic carbocycles. The van der Waals surface area contributed by atoms with Gasteiger partial charge in [0.1, 0.15) is 5.75 Å². The van der Waals surface area contributed by atoms with Gasteiger partial charge in [0.25, 0.3) is 0 Å². The van der Waals surface area contributed by atoms with Crippen molar-refractivity contribution in [2.75, 3.05) is 6.54 Å². The van der Waals surface area contributed by atoms with E-state index in [2.05, 4.69) is 5.32 Å². The first-order valence-electron chi connectivity index (χ1n) is 7.75. The molecular weight excluding hydrogens is 314 g/mol. The molecule has 0 bridgehead atoms. The van der Waals surface area contributed by atoms with Crippen LogP contribution in [0.1, 0.15) is 31.4 Å². The maximum absolute atomic E-state index is 14.7. The van der Waals surface area contributed by atoms with Crippen LogP contribution in [0.4, 0.5) is 8.78 Å². The van der Waals surface area contributed by atoms with Gasteiger partial charge in [-0.05, 0) is 24.6 Å². The lowest BCUT2D eigenvalue weighted by atomic mass is 10.0. The van der Waals surface area contributed by atoms with E-state index in [1.165, 1.54) is 12.1 Å². The number of nitrogens with one attached hydrogen (secondary N) is 1. The van der Waals surface area contributed by atoms with Crippen LogP contribution in [-0.4, -0.2) is 12.5 Å². The molecule has 0 saturated carbocycles. The quantitative estimate of drug-likeness (QED) is 0.774. The van der Waals surface area contributed by atoms with Crippen molar-refractivity contribution in [1.82, 2.24) is 5.32 Å². The van der Waals surface area contributed by atoms with E-state index in [9.17, 15) is 13.6 Å². The fourth-order valence-corrected chi connectivity index (χ4v) is 2.36. The van der Waals surface area contributed by atoms with Crippen molar-refractivity contribution in [2.45, 2.75) is 25.8 Å². The van der Waals surface area contributed by atoms with Gasteiger partial charge in [-0.15, -0.1) is 0 Å². The van der Waals surface area contributed by atoms with Crippen molar-refractivity contribution < 1.29 is 18.3 Å². The van der Waals surface area contributed by atoms with E-state index >= 15 is 0 Å². The Hall–Kier alpha value is -2.47. The van der Waals surface area contributed by atoms with Gasteiger partial charge in [0, 0.05) is 24.6 Å². The molecule has 0 heterocycles. The van der Waals surface area contributed by atoms with E-state index in [1.54, 1.807) is 30.3 Å². The third-order valence-corrected chi connectivity index (χ3v) is 3.59. The van der Waals surface area contributed by atoms with Crippen molar-refractivity contribution in [1.29, 1.82) is 0 Å². The summed E-state index contributed by atoms with van der Waals surface area (Å²) in [6.07, 6.45) is 0.707. The first-order valence-corrected chi connectivity index (χ1v) is 7.75. The molecule has 0 aliphatic heterocycles. The van der Waals surface area contributed by atoms with Gasteiger partial charge < -0.3 is 15.8 Å². The minimum Gasteiger partial charge on any atom is -0.451 e. The molecule has 6 heteroatoms. The zero-order valence-corrected chi connectivity index (χ0v) is 13.4. The largest absolute Gasteiger partial charge is 0.451 e. The Kier molecular flexibility index (Phi) is 6.26. The summed E-state index contributed by atoms with van der Waals surface area (Å²) >= 11 is 0. The number of halogens is 2. The third kappa shape index (κ3) is 4.52. The predicted octanol–water partition coefficient (Wildman–Crippen LogP) is 3.67. The normalized spacial score (nSPS) is 12.0. The molecule has 128 valence electrons. The van der Waals surface area contributed by atoms with E-state index in [1.807, 2.05) is 6.92 Å². The molecule has 2 aromatic carbocycles. The highest BCUT2D eigenvalue weighted by molar-refractivity contribution is 5.73. The highest BCUT2D eigenvalue weighted by Crippen LogP contribution is 2.32. The topological polar surface area (TPSA) is 64.3 Å². The number of hydrogen-bond donors (Lipinski definition) is 2. The first-order chi connectivity index (χ1) is 11.5. The number of rotatable bonds is 8. The van der Waals surface area contributed by atoms with Gasteiger partial charge >= 0.3 is 0 Å². The molecule has 4 nitrogen and oxygen atoms in total. The van der Waals surface area contributed by atoms with Gasteiger partial charge in [-0.2, -0.15) is 0 Å². The summed E-state index contributed by atoms with van der Waals surface area (Å²) in [6, 6.07) is 10.6. The zero-order chi connectivity index (χ0) is 17.5. The Morgan fingerprint density at radius 2 is 1.92 bits per heavy atom. The molecule has 0 aromatic heterocycles. The molecule has 1 unspecified atom stereocenters. The number of nitrogens with two attached hydrogens (primary N) is 1. The zero-order valence-electron chi connectivity index (χ0n) is 13.4. The summed E-state index contributed by atoms with van der Waals surface area (Å²) in [5.41, 5.74) is 5.38. The maximum Gasteiger partial charge on any atom is 0.218 e. The van der Waals surface area contributed by atoms with Crippen molar-refractivity contribution in [3.05, 3.63) is 59.7 Å². The molecule has 1 atom stereocenters. The minimum absolute atomic E-state index is 0.146. The molecule has 0 aliphatic rings. The number of ether oxygens (including phenoxy) is 1. The molecular formula is C18H20F2N2O2. The number of benzene rings is 2. The van der Waals surface area contributed by atoms with Crippen LogP contribution in [0.5, 0.6) is 11.5 Å². The average Bonchev–Trinajstić information content (AvgIpc) is 2.57. The Bertz CT molecular complexity index is 693. The van der Waals surface area contributed by atoms with Gasteiger partial charge in [0.15, 0.2) is 17.4 Å². The number of carbonyl (C=O) groups excluding carboxylic acids is 1. The van der Waals surface area contributed by atoms with E-state index in [-0.39, 0.29) is 18.0 Å². The molecule has 2 aromatic rings. The number of para-hydroxylation sites is 1. The Morgan fingerprint density at radius 3 is 2.54 bits per heavy atom. The second-order valence-corrected chi connectivity index (χ2v) is 5.33. The molecule has 3 N–H and O–H groups in total. The smallest absolute Gasteiger partial charge is 0.218 e. The van der Waals surface area contributed by atoms with Crippen molar-refractivity contribution in [3.63, 3.8) is 0 Å². The summed E-state index contributed by atoms with van der Waals surface area (Å²) < 4.78 is 34.1. The van der Waals surface area contributed by atoms with Gasteiger partial charge in [-0.3, -0.25) is 4.79 Å². The van der Waals surface area contributed by atoms with Crippen LogP contribution in [0.3, 0.4) is 0 Å². The highest BCUT2D eigenvalue weighted by atomic mass is 19.1. The third-order valence-electron chi connectivity index (χ3n) is 3.59. The fraction of sp³-hybridized carbons (Fsp3) is 0.278. The summed E-state index contributed by atoms with van der Waals surface area (Å²) in [7, 11) is 0. The highest BCUT2D eigenvalue weighted by Gasteiger charge is 2.21. The van der Waals surface area contributed by atoms with Gasteiger partial charge in [-0.25, -0.2) is 8.78 Å². The number of carbonyl (C=O) groups is 1. The van der Waals surface area contributed by atoms with Crippen LogP contribution in [0.25, 0.3) is 0 Å². The number of hydrogen-bond acceptors (Lipinski definition) is 3. The first kappa shape index (κ1) is 17.9. The van der Waals surface area contributed by atoms with Gasteiger partial charge in [-0.1, -0.05) is 31.2 Å². The van der Waals surface area contributed by atoms with E-state index in [4.69, 9.17) is 10.5 Å². The predicted molar refractivity (Wildman–Crippen MR) is 87.7 cm³/mol. The summed E-state index contributed by atoms with van der Waals surface area (Å²) in [5, 5.41) is 3.05. The fourth-order valence-electron chi connectivity index (χ4n) is 2.36. The molecule has 0 fully saturated rings. The lowest BCUT2D eigenvalue weighted by molar-refractivity contribution is -0.117. The molecule has 0 radical (unpaired) electrons. The number of primary amides is 1. The van der Waals surface area contributed by atoms with E-state index < -0.39 is 23.3 Å². The molecule has 1 amide bonds.